The number of methoxy groups -OCH3 is 1. The molecule has 1 aromatic heterocycles. The summed E-state index contributed by atoms with van der Waals surface area (Å²) in [6.07, 6.45) is -7.20. The first-order valence-corrected chi connectivity index (χ1v) is 27.0. The van der Waals surface area contributed by atoms with Crippen molar-refractivity contribution in [1.29, 1.82) is 0 Å². The number of nitrogens with one attached hydrogen (secondary N) is 1. The van der Waals surface area contributed by atoms with E-state index in [1.807, 2.05) is 37.7 Å². The van der Waals surface area contributed by atoms with Crippen LogP contribution in [0.2, 0.25) is 0 Å². The average Bonchev–Trinajstić information content (AvgIpc) is 3.88. The Kier molecular flexibility index (Phi) is 20.1. The third-order valence-electron chi connectivity index (χ3n) is 16.3. The van der Waals surface area contributed by atoms with Crippen LogP contribution in [0.1, 0.15) is 106 Å². The maximum atomic E-state index is 15.2. The summed E-state index contributed by atoms with van der Waals surface area (Å²) in [6, 6.07) is 3.11. The standard InChI is InChI=1S/C53H85FN4O14S/c1-13-42-53(9,66)46(61)31(5)57(10)24-28(2)21-51(7,65)43(20-40(30(4)49(64)71-42)70-44-22-52(8,67-12)47(62)32(6)69-44)72-50-45(60)39(16-29(3)68-50)58(11)25-35-18-37(35)48(63)56-36(26-59)17-33-14-15-34(19-38(33)54)41-23-55-27-73-41/h14-15,19,23,27-32,35-37,39-40,42-47,50,59-62,65-66H,13,16-18,20-22,24-26H2,1-12H3,(H,56,63)/t28-,29-,30-,31-,32+,35-,36+,37+,39?,40+,42-,43-,44+,45-,46-,47+,50+,51-,52-,53-/m1/s1. The second-order valence-corrected chi connectivity index (χ2v) is 23.4. The van der Waals surface area contributed by atoms with Gasteiger partial charge >= 0.3 is 5.97 Å². The summed E-state index contributed by atoms with van der Waals surface area (Å²) in [6.45, 7) is 16.0. The van der Waals surface area contributed by atoms with Gasteiger partial charge < -0.3 is 74.2 Å². The highest BCUT2D eigenvalue weighted by Gasteiger charge is 2.52. The van der Waals surface area contributed by atoms with Crippen molar-refractivity contribution in [2.45, 2.75) is 204 Å². The molecular formula is C53H85FN4O14S. The molecule has 0 radical (unpaired) electrons. The minimum atomic E-state index is -1.85. The van der Waals surface area contributed by atoms with E-state index in [1.54, 1.807) is 65.4 Å². The summed E-state index contributed by atoms with van der Waals surface area (Å²) in [7, 11) is 5.17. The predicted molar refractivity (Wildman–Crippen MR) is 270 cm³/mol. The lowest BCUT2D eigenvalue weighted by atomic mass is 9.83. The molecule has 7 N–H and O–H groups in total. The number of cyclic esters (lactones) is 1. The number of carbonyl (C=O) groups is 2. The number of hydrogen-bond acceptors (Lipinski definition) is 18. The summed E-state index contributed by atoms with van der Waals surface area (Å²) < 4.78 is 53.0. The topological polar surface area (TPSA) is 242 Å². The number of carbonyl (C=O) groups excluding carboxylic acids is 2. The summed E-state index contributed by atoms with van der Waals surface area (Å²) in [4.78, 5) is 36.7. The van der Waals surface area contributed by atoms with E-state index in [1.165, 1.54) is 31.4 Å². The monoisotopic (exact) mass is 1050 g/mol. The fraction of sp³-hybridized carbons (Fsp3) is 0.792. The van der Waals surface area contributed by atoms with Gasteiger partial charge in [-0.1, -0.05) is 26.0 Å². The van der Waals surface area contributed by atoms with Gasteiger partial charge in [-0.3, -0.25) is 14.6 Å². The lowest BCUT2D eigenvalue weighted by Gasteiger charge is -2.47. The molecule has 20 heteroatoms. The van der Waals surface area contributed by atoms with Crippen LogP contribution < -0.4 is 5.32 Å². The first-order valence-electron chi connectivity index (χ1n) is 26.1. The van der Waals surface area contributed by atoms with E-state index in [2.05, 4.69) is 10.3 Å². The Morgan fingerprint density at radius 3 is 2.38 bits per heavy atom. The number of likely N-dealkylation sites (N-methyl/N-ethyl adjacent to an activating group) is 2. The smallest absolute Gasteiger partial charge is 0.311 e. The highest BCUT2D eigenvalue weighted by molar-refractivity contribution is 7.13. The van der Waals surface area contributed by atoms with Crippen molar-refractivity contribution in [1.82, 2.24) is 20.1 Å². The molecule has 4 aliphatic rings. The molecule has 3 saturated heterocycles. The molecule has 20 atom stereocenters. The Morgan fingerprint density at radius 2 is 1.75 bits per heavy atom. The van der Waals surface area contributed by atoms with Crippen LogP contribution in [0.15, 0.2) is 29.9 Å². The zero-order valence-electron chi connectivity index (χ0n) is 44.8. The second-order valence-electron chi connectivity index (χ2n) is 22.5. The maximum Gasteiger partial charge on any atom is 0.311 e. The van der Waals surface area contributed by atoms with Crippen molar-refractivity contribution < 1.29 is 73.0 Å². The molecule has 18 nitrogen and oxygen atoms in total. The molecule has 0 spiro atoms. The predicted octanol–water partition coefficient (Wildman–Crippen LogP) is 3.64. The zero-order valence-corrected chi connectivity index (χ0v) is 45.7. The van der Waals surface area contributed by atoms with Crippen LogP contribution in [0, 0.1) is 29.5 Å². The van der Waals surface area contributed by atoms with Gasteiger partial charge in [-0.15, -0.1) is 11.3 Å². The molecule has 1 unspecified atom stereocenters. The van der Waals surface area contributed by atoms with Crippen molar-refractivity contribution >= 4 is 23.2 Å². The van der Waals surface area contributed by atoms with Gasteiger partial charge in [0.15, 0.2) is 12.6 Å². The lowest BCUT2D eigenvalue weighted by molar-refractivity contribution is -0.308. The number of halogens is 1. The normalized spacial score (nSPS) is 40.8. The van der Waals surface area contributed by atoms with Gasteiger partial charge in [-0.2, -0.15) is 0 Å². The van der Waals surface area contributed by atoms with Gasteiger partial charge in [0.25, 0.3) is 0 Å². The fourth-order valence-corrected chi connectivity index (χ4v) is 11.9. The number of aromatic nitrogens is 1. The van der Waals surface area contributed by atoms with Crippen LogP contribution in [-0.2, 0) is 44.4 Å². The maximum absolute atomic E-state index is 15.2. The quantitative estimate of drug-likeness (QED) is 0.126. The van der Waals surface area contributed by atoms with Crippen molar-refractivity contribution in [3.63, 3.8) is 0 Å². The molecule has 4 heterocycles. The summed E-state index contributed by atoms with van der Waals surface area (Å²) in [5, 5.41) is 72.5. The van der Waals surface area contributed by atoms with Crippen molar-refractivity contribution in [2.75, 3.05) is 40.9 Å². The Bertz CT molecular complexity index is 2110. The SMILES string of the molecule is CC[C@H]1OC(=O)[C@H](C)[C@@H](O[C@H]2C[C@@](C)(OC)[C@@H](O)[C@H](C)O2)C[C@@H](O[C@@H]2O[C@H](C)CC(N(C)C[C@H]3C[C@@H]3C(=O)N[C@H](CO)Cc3ccc(-c4cncs4)cc3F)[C@H]2O)[C@](C)(O)C[C@@H](C)CN(C)[C@H](C)[C@@H](O)[C@]1(C)O. The number of amides is 1. The van der Waals surface area contributed by atoms with Crippen molar-refractivity contribution in [3.8, 4) is 10.4 Å². The number of benzene rings is 1. The number of aliphatic hydroxyl groups excluding tert-OH is 4. The second kappa shape index (κ2) is 24.7. The Morgan fingerprint density at radius 1 is 1.04 bits per heavy atom. The van der Waals surface area contributed by atoms with Crippen LogP contribution >= 0.6 is 11.3 Å². The summed E-state index contributed by atoms with van der Waals surface area (Å²) in [5.74, 6) is -3.09. The molecule has 3 aliphatic heterocycles. The van der Waals surface area contributed by atoms with E-state index in [0.717, 1.165) is 4.88 Å². The van der Waals surface area contributed by atoms with Crippen LogP contribution in [0.3, 0.4) is 0 Å². The van der Waals surface area contributed by atoms with Gasteiger partial charge in [0.2, 0.25) is 5.91 Å². The third-order valence-corrected chi connectivity index (χ3v) is 17.1. The van der Waals surface area contributed by atoms with Crippen LogP contribution in [0.25, 0.3) is 10.4 Å². The number of rotatable bonds is 15. The van der Waals surface area contributed by atoms with E-state index in [-0.39, 0.29) is 62.4 Å². The van der Waals surface area contributed by atoms with E-state index in [9.17, 15) is 40.2 Å². The average molecular weight is 1050 g/mol. The van der Waals surface area contributed by atoms with E-state index in [0.29, 0.717) is 37.1 Å². The Hall–Kier alpha value is -2.80. The zero-order chi connectivity index (χ0) is 53.9. The number of thiazole rings is 1. The third kappa shape index (κ3) is 14.2. The molecule has 0 bridgehead atoms. The molecule has 1 saturated carbocycles. The highest BCUT2D eigenvalue weighted by Crippen LogP contribution is 2.42. The Balaban J connectivity index is 1.20. The summed E-state index contributed by atoms with van der Waals surface area (Å²) in [5.41, 5.74) is -1.82. The molecule has 6 rings (SSSR count). The molecule has 1 aliphatic carbocycles. The molecule has 1 aromatic carbocycles. The minimum absolute atomic E-state index is 0.0570. The van der Waals surface area contributed by atoms with Crippen LogP contribution in [0.4, 0.5) is 4.39 Å². The van der Waals surface area contributed by atoms with Gasteiger partial charge in [0.05, 0.1) is 64.6 Å². The molecule has 4 fully saturated rings. The first kappa shape index (κ1) is 59.4. The van der Waals surface area contributed by atoms with E-state index in [4.69, 9.17) is 28.4 Å². The molecule has 2 aromatic rings. The number of nitrogens with zero attached hydrogens (tertiary/aromatic N) is 3. The Labute approximate surface area is 434 Å². The van der Waals surface area contributed by atoms with Gasteiger partial charge in [0, 0.05) is 57.2 Å². The minimum Gasteiger partial charge on any atom is -0.459 e. The fourth-order valence-electron chi connectivity index (χ4n) is 11.3. The first-order chi connectivity index (χ1) is 34.2. The largest absolute Gasteiger partial charge is 0.459 e. The number of ether oxygens (including phenoxy) is 6. The molecular weight excluding hydrogens is 968 g/mol. The summed E-state index contributed by atoms with van der Waals surface area (Å²) >= 11 is 1.40. The molecule has 1 amide bonds. The highest BCUT2D eigenvalue weighted by atomic mass is 32.1. The van der Waals surface area contributed by atoms with E-state index < -0.39 is 114 Å². The van der Waals surface area contributed by atoms with Gasteiger partial charge in [-0.25, -0.2) is 4.39 Å². The van der Waals surface area contributed by atoms with Gasteiger partial charge in [0.1, 0.15) is 35.8 Å². The molecule has 414 valence electrons. The molecule has 73 heavy (non-hydrogen) atoms. The van der Waals surface area contributed by atoms with Crippen LogP contribution in [-0.4, -0.2) is 195 Å². The van der Waals surface area contributed by atoms with E-state index >= 15 is 4.39 Å². The lowest BCUT2D eigenvalue weighted by Crippen LogP contribution is -2.59. The van der Waals surface area contributed by atoms with Crippen LogP contribution in [0.5, 0.6) is 0 Å². The van der Waals surface area contributed by atoms with Crippen molar-refractivity contribution in [2.24, 2.45) is 23.7 Å². The number of esters is 1. The van der Waals surface area contributed by atoms with Crippen molar-refractivity contribution in [3.05, 3.63) is 41.3 Å². The number of aliphatic hydroxyl groups is 6. The number of hydrogen-bond donors (Lipinski definition) is 7. The van der Waals surface area contributed by atoms with Gasteiger partial charge in [-0.05, 0) is 124 Å².